The molecular formula is C26H26FN3O4S. The molecule has 9 heteroatoms. The number of nitrogens with one attached hydrogen (secondary N) is 1. The monoisotopic (exact) mass is 495 g/mol. The summed E-state index contributed by atoms with van der Waals surface area (Å²) < 4.78 is 44.6. The lowest BCUT2D eigenvalue weighted by molar-refractivity contribution is -0.137. The Bertz CT molecular complexity index is 1540. The molecule has 0 unspecified atom stereocenters. The number of halogens is 1. The van der Waals surface area contributed by atoms with Gasteiger partial charge in [-0.2, -0.15) is 0 Å². The number of benzene rings is 2. The molecule has 7 nitrogen and oxygen atoms in total. The molecular weight excluding hydrogens is 469 g/mol. The van der Waals surface area contributed by atoms with Gasteiger partial charge in [0.2, 0.25) is 0 Å². The lowest BCUT2D eigenvalue weighted by Crippen LogP contribution is -2.37. The van der Waals surface area contributed by atoms with Crippen molar-refractivity contribution in [1.82, 2.24) is 14.3 Å². The summed E-state index contributed by atoms with van der Waals surface area (Å²) in [5, 5.41) is 11.0. The van der Waals surface area contributed by atoms with Crippen molar-refractivity contribution >= 4 is 37.8 Å². The Kier molecular flexibility index (Phi) is 6.06. The summed E-state index contributed by atoms with van der Waals surface area (Å²) in [6.45, 7) is 1.68. The molecule has 2 aromatic carbocycles. The summed E-state index contributed by atoms with van der Waals surface area (Å²) in [6.07, 6.45) is 2.67. The van der Waals surface area contributed by atoms with Crippen LogP contribution in [0.4, 0.5) is 4.39 Å². The minimum Gasteiger partial charge on any atom is -0.480 e. The predicted molar refractivity (Wildman–Crippen MR) is 131 cm³/mol. The highest BCUT2D eigenvalue weighted by molar-refractivity contribution is 7.89. The summed E-state index contributed by atoms with van der Waals surface area (Å²) >= 11 is 0. The summed E-state index contributed by atoms with van der Waals surface area (Å²) in [7, 11) is -3.77. The molecule has 4 aromatic rings. The zero-order valence-electron chi connectivity index (χ0n) is 19.2. The average Bonchev–Trinajstić information content (AvgIpc) is 3.09. The van der Waals surface area contributed by atoms with Crippen LogP contribution in [0.5, 0.6) is 0 Å². The number of nitrogens with zero attached hydrogens (tertiary/aromatic N) is 2. The number of rotatable bonds is 6. The lowest BCUT2D eigenvalue weighted by Gasteiger charge is -2.29. The number of carboxylic acid groups (broad SMARTS) is 1. The first-order valence-electron chi connectivity index (χ1n) is 11.6. The van der Waals surface area contributed by atoms with Crippen LogP contribution in [0, 0.1) is 12.7 Å². The van der Waals surface area contributed by atoms with Crippen LogP contribution in [0.15, 0.2) is 59.6 Å². The van der Waals surface area contributed by atoms with Gasteiger partial charge >= 0.3 is 5.97 Å². The zero-order chi connectivity index (χ0) is 24.7. The minimum absolute atomic E-state index is 0.00128. The van der Waals surface area contributed by atoms with E-state index < -0.39 is 16.0 Å². The number of pyridine rings is 1. The van der Waals surface area contributed by atoms with Crippen molar-refractivity contribution in [2.24, 2.45) is 0 Å². The van der Waals surface area contributed by atoms with E-state index in [0.29, 0.717) is 36.7 Å². The second kappa shape index (κ2) is 9.05. The van der Waals surface area contributed by atoms with E-state index in [-0.39, 0.29) is 29.3 Å². The van der Waals surface area contributed by atoms with Gasteiger partial charge in [0, 0.05) is 28.0 Å². The van der Waals surface area contributed by atoms with E-state index in [1.165, 1.54) is 18.2 Å². The first kappa shape index (κ1) is 23.4. The van der Waals surface area contributed by atoms with Gasteiger partial charge in [0.1, 0.15) is 12.4 Å². The van der Waals surface area contributed by atoms with Gasteiger partial charge in [-0.1, -0.05) is 18.2 Å². The van der Waals surface area contributed by atoms with Crippen molar-refractivity contribution in [2.75, 3.05) is 0 Å². The highest BCUT2D eigenvalue weighted by Crippen LogP contribution is 2.40. The van der Waals surface area contributed by atoms with E-state index in [0.717, 1.165) is 22.0 Å². The van der Waals surface area contributed by atoms with Crippen LogP contribution in [-0.2, 0) is 21.4 Å². The van der Waals surface area contributed by atoms with Crippen LogP contribution in [0.2, 0.25) is 0 Å². The van der Waals surface area contributed by atoms with Crippen LogP contribution in [0.3, 0.4) is 0 Å². The Morgan fingerprint density at radius 2 is 1.86 bits per heavy atom. The summed E-state index contributed by atoms with van der Waals surface area (Å²) in [4.78, 5) is 15.7. The average molecular weight is 496 g/mol. The molecule has 2 N–H and O–H groups in total. The van der Waals surface area contributed by atoms with Crippen LogP contribution >= 0.6 is 0 Å². The fraction of sp³-hybridized carbons (Fsp3) is 0.308. The van der Waals surface area contributed by atoms with Gasteiger partial charge in [-0.25, -0.2) is 22.5 Å². The number of hydrogen-bond donors (Lipinski definition) is 2. The molecule has 0 bridgehead atoms. The maximum atomic E-state index is 14.1. The number of para-hydroxylation sites is 1. The molecule has 1 saturated carbocycles. The Balaban J connectivity index is 1.35. The van der Waals surface area contributed by atoms with Crippen molar-refractivity contribution in [1.29, 1.82) is 0 Å². The third-order valence-corrected chi connectivity index (χ3v) is 8.35. The van der Waals surface area contributed by atoms with E-state index >= 15 is 0 Å². The van der Waals surface area contributed by atoms with E-state index in [9.17, 15) is 22.7 Å². The van der Waals surface area contributed by atoms with Gasteiger partial charge in [-0.3, -0.25) is 4.79 Å². The Morgan fingerprint density at radius 3 is 2.60 bits per heavy atom. The van der Waals surface area contributed by atoms with Crippen LogP contribution in [0.25, 0.3) is 21.8 Å². The van der Waals surface area contributed by atoms with E-state index in [1.54, 1.807) is 22.8 Å². The fourth-order valence-electron chi connectivity index (χ4n) is 5.31. The second-order valence-electron chi connectivity index (χ2n) is 9.15. The van der Waals surface area contributed by atoms with E-state index in [1.807, 2.05) is 25.1 Å². The van der Waals surface area contributed by atoms with Gasteiger partial charge in [0.15, 0.2) is 5.03 Å². The number of carboxylic acids is 1. The summed E-state index contributed by atoms with van der Waals surface area (Å²) in [6, 6.07) is 14.8. The van der Waals surface area contributed by atoms with Crippen molar-refractivity contribution in [3.8, 4) is 0 Å². The maximum absolute atomic E-state index is 14.1. The van der Waals surface area contributed by atoms with Gasteiger partial charge in [-0.05, 0) is 80.5 Å². The van der Waals surface area contributed by atoms with Crippen LogP contribution in [0.1, 0.15) is 42.9 Å². The quantitative estimate of drug-likeness (QED) is 0.403. The van der Waals surface area contributed by atoms with Crippen molar-refractivity contribution in [2.45, 2.75) is 56.1 Å². The Labute approximate surface area is 202 Å². The molecule has 0 amide bonds. The van der Waals surface area contributed by atoms with Crippen molar-refractivity contribution in [3.63, 3.8) is 0 Å². The summed E-state index contributed by atoms with van der Waals surface area (Å²) in [5.74, 6) is -1.23. The van der Waals surface area contributed by atoms with Gasteiger partial charge < -0.3 is 9.67 Å². The molecule has 0 radical (unpaired) electrons. The number of sulfonamides is 1. The molecule has 0 atom stereocenters. The predicted octanol–water partition coefficient (Wildman–Crippen LogP) is 4.73. The van der Waals surface area contributed by atoms with Gasteiger partial charge in [0.25, 0.3) is 10.0 Å². The van der Waals surface area contributed by atoms with Gasteiger partial charge in [0.05, 0.1) is 5.52 Å². The highest BCUT2D eigenvalue weighted by atomic mass is 32.2. The molecule has 5 rings (SSSR count). The molecule has 2 aromatic heterocycles. The largest absolute Gasteiger partial charge is 0.480 e. The third-order valence-electron chi connectivity index (χ3n) is 6.93. The van der Waals surface area contributed by atoms with Crippen molar-refractivity contribution in [3.05, 3.63) is 71.7 Å². The number of aliphatic carboxylic acids is 1. The van der Waals surface area contributed by atoms with Crippen LogP contribution in [-0.4, -0.2) is 35.1 Å². The number of aromatic nitrogens is 2. The van der Waals surface area contributed by atoms with E-state index in [2.05, 4.69) is 9.71 Å². The zero-order valence-corrected chi connectivity index (χ0v) is 20.1. The standard InChI is InChI=1S/C26H26FN3O4S/c1-16-26(21-14-19(27)9-12-23(21)30(16)15-25(31)32)18-6-10-20(11-7-18)29-35(33,34)24-13-8-17-4-2-3-5-22(17)28-24/h2-5,8-9,12-14,18,20,29H,6-7,10-11,15H2,1H3,(H,31,32). The van der Waals surface area contributed by atoms with Crippen molar-refractivity contribution < 1.29 is 22.7 Å². The molecule has 1 aliphatic rings. The molecule has 0 aliphatic heterocycles. The Hall–Kier alpha value is -3.30. The second-order valence-corrected chi connectivity index (χ2v) is 10.8. The van der Waals surface area contributed by atoms with Crippen LogP contribution < -0.4 is 4.72 Å². The number of hydrogen-bond acceptors (Lipinski definition) is 4. The molecule has 182 valence electrons. The summed E-state index contributed by atoms with van der Waals surface area (Å²) in [5.41, 5.74) is 3.10. The number of carbonyl (C=O) groups is 1. The molecule has 0 saturated heterocycles. The third kappa shape index (κ3) is 4.53. The number of fused-ring (bicyclic) bond motifs is 2. The topological polar surface area (TPSA) is 101 Å². The smallest absolute Gasteiger partial charge is 0.323 e. The fourth-order valence-corrected chi connectivity index (χ4v) is 6.57. The maximum Gasteiger partial charge on any atom is 0.323 e. The first-order valence-corrected chi connectivity index (χ1v) is 13.1. The molecule has 0 spiro atoms. The highest BCUT2D eigenvalue weighted by Gasteiger charge is 2.30. The molecule has 1 aliphatic carbocycles. The molecule has 2 heterocycles. The molecule has 35 heavy (non-hydrogen) atoms. The minimum atomic E-state index is -3.77. The van der Waals surface area contributed by atoms with Gasteiger partial charge in [-0.15, -0.1) is 0 Å². The first-order chi connectivity index (χ1) is 16.7. The normalized spacial score (nSPS) is 18.8. The Morgan fingerprint density at radius 1 is 1.11 bits per heavy atom. The molecule has 1 fully saturated rings. The SMILES string of the molecule is Cc1c(C2CCC(NS(=O)(=O)c3ccc4ccccc4n3)CC2)c2cc(F)ccc2n1CC(=O)O. The van der Waals surface area contributed by atoms with E-state index in [4.69, 9.17) is 0 Å². The lowest BCUT2D eigenvalue weighted by atomic mass is 9.81.